The van der Waals surface area contributed by atoms with E-state index in [9.17, 15) is 5.11 Å². The molecule has 1 saturated heterocycles. The van der Waals surface area contributed by atoms with Crippen molar-refractivity contribution in [1.29, 1.82) is 0 Å². The lowest BCUT2D eigenvalue weighted by molar-refractivity contribution is 0.0384. The molecule has 0 radical (unpaired) electrons. The van der Waals surface area contributed by atoms with Crippen LogP contribution >= 0.6 is 0 Å². The maximum absolute atomic E-state index is 10.0. The van der Waals surface area contributed by atoms with E-state index >= 15 is 0 Å². The average molecular weight is 247 g/mol. The van der Waals surface area contributed by atoms with E-state index in [-0.39, 0.29) is 0 Å². The predicted octanol–water partition coefficient (Wildman–Crippen LogP) is 1.54. The first-order valence-corrected chi connectivity index (χ1v) is 6.88. The number of morpholine rings is 1. The summed E-state index contributed by atoms with van der Waals surface area (Å²) in [4.78, 5) is 2.45. The zero-order valence-corrected chi connectivity index (χ0v) is 10.8. The maximum Gasteiger partial charge on any atom is 0.0899 e. The molecule has 1 aromatic carbocycles. The number of nitrogens with zero attached hydrogens (tertiary/aromatic N) is 1. The van der Waals surface area contributed by atoms with Gasteiger partial charge in [-0.05, 0) is 30.4 Å². The lowest BCUT2D eigenvalue weighted by Gasteiger charge is -2.26. The van der Waals surface area contributed by atoms with Crippen LogP contribution in [0.5, 0.6) is 0 Å². The number of hydrogen-bond donors (Lipinski definition) is 1. The third-order valence-corrected chi connectivity index (χ3v) is 4.04. The molecule has 0 atom stereocenters. The van der Waals surface area contributed by atoms with Crippen molar-refractivity contribution < 1.29 is 9.84 Å². The Morgan fingerprint density at radius 3 is 2.39 bits per heavy atom. The fraction of sp³-hybridized carbons (Fsp3) is 0.600. The Bertz CT molecular complexity index is 391. The number of hydrogen-bond acceptors (Lipinski definition) is 3. The van der Waals surface area contributed by atoms with Gasteiger partial charge in [-0.1, -0.05) is 24.3 Å². The van der Waals surface area contributed by atoms with Gasteiger partial charge < -0.3 is 9.84 Å². The molecule has 0 aromatic heterocycles. The van der Waals surface area contributed by atoms with Gasteiger partial charge in [-0.15, -0.1) is 0 Å². The van der Waals surface area contributed by atoms with Crippen molar-refractivity contribution in [1.82, 2.24) is 4.90 Å². The molecule has 2 fully saturated rings. The first kappa shape index (κ1) is 12.2. The minimum absolute atomic E-state index is 0.497. The highest BCUT2D eigenvalue weighted by Crippen LogP contribution is 2.45. The standard InChI is InChI=1S/C15H21NO2/c17-15(6-7-15)14-3-1-13(2-4-14)5-8-16-9-11-18-12-10-16/h1-4,17H,5-12H2. The van der Waals surface area contributed by atoms with Crippen LogP contribution in [-0.2, 0) is 16.8 Å². The molecule has 1 saturated carbocycles. The molecule has 1 aliphatic heterocycles. The Kier molecular flexibility index (Phi) is 3.37. The zero-order chi connectivity index (χ0) is 12.4. The first-order valence-electron chi connectivity index (χ1n) is 6.88. The van der Waals surface area contributed by atoms with Gasteiger partial charge in [-0.25, -0.2) is 0 Å². The lowest BCUT2D eigenvalue weighted by Crippen LogP contribution is -2.37. The van der Waals surface area contributed by atoms with Crippen molar-refractivity contribution >= 4 is 0 Å². The summed E-state index contributed by atoms with van der Waals surface area (Å²) in [5.41, 5.74) is 1.94. The summed E-state index contributed by atoms with van der Waals surface area (Å²) in [5.74, 6) is 0. The molecule has 1 heterocycles. The molecular formula is C15H21NO2. The fourth-order valence-corrected chi connectivity index (χ4v) is 2.50. The third-order valence-electron chi connectivity index (χ3n) is 4.04. The second-order valence-electron chi connectivity index (χ2n) is 5.43. The maximum atomic E-state index is 10.0. The van der Waals surface area contributed by atoms with Crippen molar-refractivity contribution in [3.8, 4) is 0 Å². The number of aliphatic hydroxyl groups is 1. The van der Waals surface area contributed by atoms with Crippen molar-refractivity contribution in [3.63, 3.8) is 0 Å². The Labute approximate surface area is 108 Å². The molecule has 3 nitrogen and oxygen atoms in total. The van der Waals surface area contributed by atoms with E-state index in [1.165, 1.54) is 5.56 Å². The van der Waals surface area contributed by atoms with Gasteiger partial charge in [0.25, 0.3) is 0 Å². The molecule has 2 aliphatic rings. The van der Waals surface area contributed by atoms with E-state index in [0.29, 0.717) is 0 Å². The highest BCUT2D eigenvalue weighted by atomic mass is 16.5. The molecule has 1 aliphatic carbocycles. The molecule has 18 heavy (non-hydrogen) atoms. The summed E-state index contributed by atoms with van der Waals surface area (Å²) < 4.78 is 5.34. The summed E-state index contributed by atoms with van der Waals surface area (Å²) in [5, 5.41) is 10.0. The van der Waals surface area contributed by atoms with Gasteiger partial charge >= 0.3 is 0 Å². The Hall–Kier alpha value is -0.900. The summed E-state index contributed by atoms with van der Waals surface area (Å²) >= 11 is 0. The van der Waals surface area contributed by atoms with E-state index in [2.05, 4.69) is 29.2 Å². The fourth-order valence-electron chi connectivity index (χ4n) is 2.50. The lowest BCUT2D eigenvalue weighted by atomic mass is 10.0. The molecule has 0 spiro atoms. The first-order chi connectivity index (χ1) is 8.76. The van der Waals surface area contributed by atoms with Gasteiger partial charge in [-0.3, -0.25) is 4.90 Å². The van der Waals surface area contributed by atoms with Gasteiger partial charge in [-0.2, -0.15) is 0 Å². The largest absolute Gasteiger partial charge is 0.385 e. The normalized spacial score (nSPS) is 22.9. The second-order valence-corrected chi connectivity index (χ2v) is 5.43. The van der Waals surface area contributed by atoms with Crippen molar-refractivity contribution in [2.24, 2.45) is 0 Å². The molecule has 0 unspecified atom stereocenters. The Morgan fingerprint density at radius 2 is 1.78 bits per heavy atom. The molecule has 0 bridgehead atoms. The van der Waals surface area contributed by atoms with Crippen LogP contribution in [0.2, 0.25) is 0 Å². The molecule has 3 heteroatoms. The number of benzene rings is 1. The predicted molar refractivity (Wildman–Crippen MR) is 70.5 cm³/mol. The quantitative estimate of drug-likeness (QED) is 0.876. The summed E-state index contributed by atoms with van der Waals surface area (Å²) in [6.45, 7) is 4.95. The van der Waals surface area contributed by atoms with Crippen LogP contribution in [0, 0.1) is 0 Å². The highest BCUT2D eigenvalue weighted by Gasteiger charge is 2.41. The minimum Gasteiger partial charge on any atom is -0.385 e. The molecular weight excluding hydrogens is 226 g/mol. The minimum atomic E-state index is -0.497. The van der Waals surface area contributed by atoms with Crippen LogP contribution in [0.4, 0.5) is 0 Å². The Balaban J connectivity index is 1.53. The summed E-state index contributed by atoms with van der Waals surface area (Å²) in [6.07, 6.45) is 2.92. The highest BCUT2D eigenvalue weighted by molar-refractivity contribution is 5.30. The molecule has 1 N–H and O–H groups in total. The molecule has 98 valence electrons. The smallest absolute Gasteiger partial charge is 0.0899 e. The van der Waals surface area contributed by atoms with Crippen LogP contribution in [0.1, 0.15) is 24.0 Å². The van der Waals surface area contributed by atoms with Gasteiger partial charge in [0.15, 0.2) is 0 Å². The van der Waals surface area contributed by atoms with Crippen LogP contribution in [0.3, 0.4) is 0 Å². The molecule has 1 aromatic rings. The number of ether oxygens (including phenoxy) is 1. The van der Waals surface area contributed by atoms with Gasteiger partial charge in [0.05, 0.1) is 18.8 Å². The van der Waals surface area contributed by atoms with Gasteiger partial charge in [0, 0.05) is 19.6 Å². The third kappa shape index (κ3) is 2.74. The summed E-state index contributed by atoms with van der Waals surface area (Å²) in [6, 6.07) is 8.49. The van der Waals surface area contributed by atoms with E-state index in [1.54, 1.807) is 0 Å². The SMILES string of the molecule is OC1(c2ccc(CCN3CCOCC3)cc2)CC1. The van der Waals surface area contributed by atoms with Crippen molar-refractivity contribution in [2.45, 2.75) is 24.9 Å². The second kappa shape index (κ2) is 5.00. The van der Waals surface area contributed by atoms with E-state index in [4.69, 9.17) is 4.74 Å². The molecule has 0 amide bonds. The van der Waals surface area contributed by atoms with Crippen molar-refractivity contribution in [2.75, 3.05) is 32.8 Å². The Morgan fingerprint density at radius 1 is 1.11 bits per heavy atom. The van der Waals surface area contributed by atoms with E-state index in [1.807, 2.05) is 0 Å². The molecule has 3 rings (SSSR count). The number of rotatable bonds is 4. The van der Waals surface area contributed by atoms with Crippen LogP contribution in [0.15, 0.2) is 24.3 Å². The van der Waals surface area contributed by atoms with Crippen LogP contribution < -0.4 is 0 Å². The monoisotopic (exact) mass is 247 g/mol. The van der Waals surface area contributed by atoms with Crippen molar-refractivity contribution in [3.05, 3.63) is 35.4 Å². The van der Waals surface area contributed by atoms with Gasteiger partial charge in [0.1, 0.15) is 0 Å². The topological polar surface area (TPSA) is 32.7 Å². The van der Waals surface area contributed by atoms with Gasteiger partial charge in [0.2, 0.25) is 0 Å². The zero-order valence-electron chi connectivity index (χ0n) is 10.8. The van der Waals surface area contributed by atoms with E-state index in [0.717, 1.165) is 57.7 Å². The van der Waals surface area contributed by atoms with E-state index < -0.39 is 5.60 Å². The summed E-state index contributed by atoms with van der Waals surface area (Å²) in [7, 11) is 0. The average Bonchev–Trinajstić information content (AvgIpc) is 3.17. The van der Waals surface area contributed by atoms with Crippen LogP contribution in [-0.4, -0.2) is 42.9 Å². The van der Waals surface area contributed by atoms with Crippen LogP contribution in [0.25, 0.3) is 0 Å².